The molecule has 0 radical (unpaired) electrons. The maximum absolute atomic E-state index is 13.4. The fourth-order valence-corrected chi connectivity index (χ4v) is 7.30. The van der Waals surface area contributed by atoms with Gasteiger partial charge in [0.25, 0.3) is 11.8 Å². The zero-order valence-corrected chi connectivity index (χ0v) is 38.1. The van der Waals surface area contributed by atoms with Gasteiger partial charge >= 0.3 is 18.3 Å². The third-order valence-corrected chi connectivity index (χ3v) is 10.1. The predicted octanol–water partition coefficient (Wildman–Crippen LogP) is -1.84. The van der Waals surface area contributed by atoms with Crippen molar-refractivity contribution in [3.8, 4) is 0 Å². The number of hydrogen-bond acceptors (Lipinski definition) is 18. The van der Waals surface area contributed by atoms with E-state index < -0.39 is 145 Å². The lowest BCUT2D eigenvalue weighted by molar-refractivity contribution is -0.305. The normalized spacial score (nSPS) is 31.2. The average molecular weight is 906 g/mol. The lowest BCUT2D eigenvalue weighted by atomic mass is 9.72. The van der Waals surface area contributed by atoms with Gasteiger partial charge in [-0.3, -0.25) is 9.59 Å². The highest BCUT2D eigenvalue weighted by atomic mass is 16.7. The van der Waals surface area contributed by atoms with Crippen LogP contribution in [0.2, 0.25) is 0 Å². The largest absolute Gasteiger partial charge is 0.491 e. The number of likely N-dealkylation sites (N-methyl/N-ethyl adjacent to an activating group) is 1. The van der Waals surface area contributed by atoms with Crippen LogP contribution in [0.5, 0.6) is 0 Å². The van der Waals surface area contributed by atoms with Crippen LogP contribution in [0.15, 0.2) is 11.8 Å². The summed E-state index contributed by atoms with van der Waals surface area (Å²) in [6.45, 7) is 14.4. The minimum atomic E-state index is -1.83. The van der Waals surface area contributed by atoms with Gasteiger partial charge in [-0.25, -0.2) is 14.4 Å². The lowest BCUT2D eigenvalue weighted by Crippen LogP contribution is -2.70. The minimum absolute atomic E-state index is 0.134. The highest BCUT2D eigenvalue weighted by Crippen LogP contribution is 2.37. The summed E-state index contributed by atoms with van der Waals surface area (Å²) in [5.74, 6) is -2.68. The zero-order valence-electron chi connectivity index (χ0n) is 38.1. The van der Waals surface area contributed by atoms with Crippen LogP contribution in [-0.4, -0.2) is 183 Å². The molecule has 3 aliphatic rings. The van der Waals surface area contributed by atoms with Crippen molar-refractivity contribution in [2.75, 3.05) is 33.3 Å². The third kappa shape index (κ3) is 15.8. The summed E-state index contributed by atoms with van der Waals surface area (Å²) < 4.78 is 34.0. The Labute approximate surface area is 367 Å². The molecule has 5 amide bonds. The number of alkyl carbamates (subject to hydrolysis) is 2. The van der Waals surface area contributed by atoms with Crippen LogP contribution in [0.3, 0.4) is 0 Å². The van der Waals surface area contributed by atoms with E-state index in [2.05, 4.69) is 21.3 Å². The molecule has 0 aromatic carbocycles. The Kier molecular flexibility index (Phi) is 18.0. The molecule has 2 heterocycles. The molecule has 2 aliphatic heterocycles. The van der Waals surface area contributed by atoms with Gasteiger partial charge in [-0.15, -0.1) is 0 Å². The average Bonchev–Trinajstić information content (AvgIpc) is 3.12. The molecule has 13 N–H and O–H groups in total. The molecule has 2 fully saturated rings. The fourth-order valence-electron chi connectivity index (χ4n) is 7.30. The van der Waals surface area contributed by atoms with Crippen LogP contribution in [-0.2, 0) is 38.0 Å². The molecule has 0 spiro atoms. The molecular formula is C40H71N7O16. The topological polar surface area (TPSA) is 345 Å². The predicted molar refractivity (Wildman–Crippen MR) is 222 cm³/mol. The van der Waals surface area contributed by atoms with E-state index in [0.29, 0.717) is 0 Å². The monoisotopic (exact) mass is 905 g/mol. The van der Waals surface area contributed by atoms with Crippen molar-refractivity contribution in [2.24, 2.45) is 17.4 Å². The van der Waals surface area contributed by atoms with Gasteiger partial charge in [0.05, 0.1) is 44.4 Å². The van der Waals surface area contributed by atoms with E-state index in [0.717, 1.165) is 4.90 Å². The number of carbonyl (C=O) groups is 5. The second-order valence-electron chi connectivity index (χ2n) is 19.4. The van der Waals surface area contributed by atoms with Crippen LogP contribution >= 0.6 is 0 Å². The highest BCUT2D eigenvalue weighted by molar-refractivity contribution is 5.82. The fraction of sp³-hybridized carbons (Fsp3) is 0.825. The summed E-state index contributed by atoms with van der Waals surface area (Å²) in [7, 11) is 1.32. The summed E-state index contributed by atoms with van der Waals surface area (Å²) >= 11 is 0. The van der Waals surface area contributed by atoms with Gasteiger partial charge in [0.1, 0.15) is 58.7 Å². The van der Waals surface area contributed by atoms with Crippen molar-refractivity contribution >= 4 is 30.1 Å². The number of nitrogens with one attached hydrogen (secondary N) is 4. The standard InChI is InChI=1S/C40H71N7O16/c1-37(2,3)61-34(54)44-16-23(48)31(52)43-15-19-12-13-20(41)28(59-19)25-21(42)14-22(46-32(53)24(49)17-45-35(55)62-38(4,5)6)29(26(25)50)60-33-27(51)30(40(10,57)18-58-33)47(11)36(56)63-39(7,8)9/h12,20-30,33,48-51,57H,13-18,41-42H2,1-11H3,(H,43,52)(H,44,54)(H,45,55)(H,46,53)/t20-,21+,22-,23?,24+,25?,26+,27-,28+,29+,30-,33-,40+/m1/s1. The van der Waals surface area contributed by atoms with E-state index in [1.807, 2.05) is 0 Å². The quantitative estimate of drug-likeness (QED) is 0.0904. The van der Waals surface area contributed by atoms with Gasteiger partial charge in [0, 0.05) is 25.0 Å². The molecule has 2 unspecified atom stereocenters. The molecule has 63 heavy (non-hydrogen) atoms. The third-order valence-electron chi connectivity index (χ3n) is 10.1. The van der Waals surface area contributed by atoms with Crippen LogP contribution < -0.4 is 32.7 Å². The molecule has 3 rings (SSSR count). The molecule has 0 aromatic rings. The number of rotatable bonds is 13. The van der Waals surface area contributed by atoms with E-state index in [1.54, 1.807) is 68.4 Å². The summed E-state index contributed by atoms with van der Waals surface area (Å²) in [6.07, 6.45) is -12.0. The van der Waals surface area contributed by atoms with Crippen molar-refractivity contribution in [1.82, 2.24) is 26.2 Å². The second-order valence-corrected chi connectivity index (χ2v) is 19.4. The maximum Gasteiger partial charge on any atom is 0.410 e. The van der Waals surface area contributed by atoms with Gasteiger partial charge in [0.15, 0.2) is 6.29 Å². The Morgan fingerprint density at radius 2 is 1.37 bits per heavy atom. The number of carbonyl (C=O) groups excluding carboxylic acids is 5. The molecule has 23 nitrogen and oxygen atoms in total. The first-order valence-electron chi connectivity index (χ1n) is 20.9. The van der Waals surface area contributed by atoms with Gasteiger partial charge in [-0.05, 0) is 88.2 Å². The van der Waals surface area contributed by atoms with Gasteiger partial charge in [0.2, 0.25) is 0 Å². The van der Waals surface area contributed by atoms with Crippen LogP contribution in [0.25, 0.3) is 0 Å². The Balaban J connectivity index is 1.85. The SMILES string of the molecule is CN(C(=O)OC(C)(C)C)[C@@H]1[C@@H](O)[C@@H](O[C@H]2[C@H](NC(=O)[C@@H](O)CNC(=O)OC(C)(C)C)C[C@H](N)C([C@H]3OC(CNC(=O)C(O)CNC(=O)OC(C)(C)C)=CC[C@H]3N)[C@@H]2O)OC[C@]1(C)O. The minimum Gasteiger partial charge on any atom is -0.491 e. The summed E-state index contributed by atoms with van der Waals surface area (Å²) in [6, 6.07) is -4.31. The first-order valence-corrected chi connectivity index (χ1v) is 20.9. The number of amides is 5. The van der Waals surface area contributed by atoms with E-state index >= 15 is 0 Å². The van der Waals surface area contributed by atoms with Crippen molar-refractivity contribution in [2.45, 2.75) is 172 Å². The molecule has 0 aromatic heterocycles. The number of hydrogen-bond donors (Lipinski definition) is 11. The van der Waals surface area contributed by atoms with Gasteiger partial charge < -0.3 is 91.6 Å². The van der Waals surface area contributed by atoms with E-state index in [4.69, 9.17) is 39.9 Å². The first kappa shape index (κ1) is 53.3. The van der Waals surface area contributed by atoms with Gasteiger partial charge in [-0.2, -0.15) is 0 Å². The maximum atomic E-state index is 13.4. The smallest absolute Gasteiger partial charge is 0.410 e. The van der Waals surface area contributed by atoms with Gasteiger partial charge in [-0.1, -0.05) is 0 Å². The first-order chi connectivity index (χ1) is 28.8. The van der Waals surface area contributed by atoms with Crippen LogP contribution in [0.4, 0.5) is 14.4 Å². The van der Waals surface area contributed by atoms with E-state index in [1.165, 1.54) is 14.0 Å². The molecule has 1 saturated heterocycles. The number of aliphatic hydroxyl groups is 5. The summed E-state index contributed by atoms with van der Waals surface area (Å²) in [5, 5.41) is 66.0. The molecule has 1 saturated carbocycles. The van der Waals surface area contributed by atoms with E-state index in [-0.39, 0.29) is 25.1 Å². The zero-order chi connectivity index (χ0) is 48.0. The second kappa shape index (κ2) is 21.3. The lowest BCUT2D eigenvalue weighted by Gasteiger charge is -2.51. The number of nitrogens with zero attached hydrogens (tertiary/aromatic N) is 1. The van der Waals surface area contributed by atoms with Crippen molar-refractivity contribution < 1.29 is 77.9 Å². The highest BCUT2D eigenvalue weighted by Gasteiger charge is 2.55. The van der Waals surface area contributed by atoms with Crippen LogP contribution in [0, 0.1) is 5.92 Å². The Bertz CT molecular complexity index is 1630. The summed E-state index contributed by atoms with van der Waals surface area (Å²) in [5.41, 5.74) is 8.81. The van der Waals surface area contributed by atoms with Crippen molar-refractivity contribution in [3.05, 3.63) is 11.8 Å². The Morgan fingerprint density at radius 3 is 1.89 bits per heavy atom. The molecule has 13 atom stereocenters. The molecule has 0 bridgehead atoms. The molecule has 362 valence electrons. The van der Waals surface area contributed by atoms with Crippen LogP contribution in [0.1, 0.15) is 82.1 Å². The Hall–Kier alpha value is -4.07. The number of aliphatic hydroxyl groups excluding tert-OH is 4. The van der Waals surface area contributed by atoms with Crippen molar-refractivity contribution in [3.63, 3.8) is 0 Å². The van der Waals surface area contributed by atoms with Crippen molar-refractivity contribution in [1.29, 1.82) is 0 Å². The molecule has 1 aliphatic carbocycles. The molecule has 23 heteroatoms. The van der Waals surface area contributed by atoms with E-state index in [9.17, 15) is 49.5 Å². The number of ether oxygens (including phenoxy) is 6. The Morgan fingerprint density at radius 1 is 0.841 bits per heavy atom. The summed E-state index contributed by atoms with van der Waals surface area (Å²) in [4.78, 5) is 64.4. The molecular weight excluding hydrogens is 834 g/mol. The number of nitrogens with two attached hydrogens (primary N) is 2.